The molecule has 7 N–H and O–H groups in total. The van der Waals surface area contributed by atoms with Crippen LogP contribution >= 0.6 is 15.9 Å². The number of ether oxygens (including phenoxy) is 2. The molecule has 1 saturated heterocycles. The van der Waals surface area contributed by atoms with E-state index in [2.05, 4.69) is 66.8 Å². The Morgan fingerprint density at radius 1 is 0.422 bits per heavy atom. The van der Waals surface area contributed by atoms with E-state index in [9.17, 15) is 29.7 Å². The van der Waals surface area contributed by atoms with Crippen LogP contribution in [-0.2, 0) is 72.6 Å². The highest BCUT2D eigenvalue weighted by atomic mass is 79.9. The first-order valence-corrected chi connectivity index (χ1v) is 34.6. The molecule has 0 radical (unpaired) electrons. The molecule has 12 aromatic rings. The van der Waals surface area contributed by atoms with Gasteiger partial charge in [-0.3, -0.25) is 14.4 Å². The summed E-state index contributed by atoms with van der Waals surface area (Å²) in [6.45, 7) is 19.7. The van der Waals surface area contributed by atoms with Gasteiger partial charge in [0.05, 0.1) is 35.6 Å². The zero-order chi connectivity index (χ0) is 73.1. The molecule has 13 rings (SSSR count). The molecule has 18 heteroatoms. The van der Waals surface area contributed by atoms with Crippen molar-refractivity contribution >= 4 is 84.6 Å². The zero-order valence-corrected chi connectivity index (χ0v) is 60.9. The Hall–Kier alpha value is -10.2. The lowest BCUT2D eigenvalue weighted by Gasteiger charge is -2.32. The maximum atomic E-state index is 12.8. The van der Waals surface area contributed by atoms with E-state index in [0.29, 0.717) is 0 Å². The summed E-state index contributed by atoms with van der Waals surface area (Å²) in [5.74, 6) is -1.21. The second-order valence-corrected chi connectivity index (χ2v) is 28.6. The van der Waals surface area contributed by atoms with Crippen molar-refractivity contribution < 1.29 is 48.5 Å². The molecule has 0 atom stereocenters. The van der Waals surface area contributed by atoms with Gasteiger partial charge in [-0.2, -0.15) is 4.99 Å². The van der Waals surface area contributed by atoms with Gasteiger partial charge < -0.3 is 59.3 Å². The SMILES string of the molecule is CC(C)(C)OC(=O)Cn1c(-c2ccccc2)ccc1-c1cccc2c(CO)cccc12.CC(C)(C)OC(=O)Cn1c(Br)ccc1-c1ccccc1.CC1(C)OB(c2cccc3c(CO)cccc23)OC1(C)C.NC(N)=NC(=O)Cn1c(-c2ccccc2)ccc1-c1cccc2c(CO)cccc12. The van der Waals surface area contributed by atoms with Gasteiger partial charge >= 0.3 is 19.1 Å². The molecule has 16 nitrogen and oxygen atoms in total. The molecule has 9 aromatic carbocycles. The molecule has 0 saturated carbocycles. The molecular weight excluding hydrogens is 1340 g/mol. The first kappa shape index (κ1) is 74.5. The van der Waals surface area contributed by atoms with Crippen molar-refractivity contribution in [3.05, 3.63) is 258 Å². The Morgan fingerprint density at radius 3 is 1.16 bits per heavy atom. The molecule has 0 bridgehead atoms. The molecule has 524 valence electrons. The number of amides is 1. The van der Waals surface area contributed by atoms with Crippen LogP contribution < -0.4 is 16.9 Å². The number of hydrogen-bond acceptors (Lipinski definition) is 10. The minimum absolute atomic E-state index is 0.000535. The molecule has 1 aliphatic heterocycles. The molecule has 4 heterocycles. The molecule has 102 heavy (non-hydrogen) atoms. The van der Waals surface area contributed by atoms with Gasteiger partial charge in [0.15, 0.2) is 5.96 Å². The maximum absolute atomic E-state index is 12.8. The minimum Gasteiger partial charge on any atom is -0.459 e. The fraction of sp³-hybridized carbons (Fsp3) is 0.238. The number of aliphatic hydroxyl groups excluding tert-OH is 3. The number of rotatable bonds is 15. The summed E-state index contributed by atoms with van der Waals surface area (Å²) in [7, 11) is -0.382. The van der Waals surface area contributed by atoms with E-state index in [0.717, 1.165) is 115 Å². The van der Waals surface area contributed by atoms with Crippen molar-refractivity contribution in [3.8, 4) is 56.3 Å². The van der Waals surface area contributed by atoms with E-state index in [1.807, 2.05) is 274 Å². The van der Waals surface area contributed by atoms with Gasteiger partial charge in [0, 0.05) is 39.6 Å². The van der Waals surface area contributed by atoms with Crippen LogP contribution in [0.4, 0.5) is 0 Å². The first-order chi connectivity index (χ1) is 48.7. The molecule has 1 fully saturated rings. The van der Waals surface area contributed by atoms with Gasteiger partial charge in [0.2, 0.25) is 0 Å². The number of guanidine groups is 1. The highest BCUT2D eigenvalue weighted by molar-refractivity contribution is 9.10. The van der Waals surface area contributed by atoms with Crippen molar-refractivity contribution in [1.29, 1.82) is 0 Å². The fourth-order valence-electron chi connectivity index (χ4n) is 12.4. The Bertz CT molecular complexity index is 4930. The monoisotopic (exact) mass is 1430 g/mol. The van der Waals surface area contributed by atoms with E-state index >= 15 is 0 Å². The van der Waals surface area contributed by atoms with Crippen LogP contribution in [0.1, 0.15) is 85.9 Å². The van der Waals surface area contributed by atoms with Crippen molar-refractivity contribution in [2.24, 2.45) is 16.5 Å². The smallest absolute Gasteiger partial charge is 0.459 e. The Labute approximate surface area is 605 Å². The van der Waals surface area contributed by atoms with Crippen molar-refractivity contribution in [3.63, 3.8) is 0 Å². The van der Waals surface area contributed by atoms with Gasteiger partial charge in [0.1, 0.15) is 30.8 Å². The predicted octanol–water partition coefficient (Wildman–Crippen LogP) is 16.0. The molecule has 3 aromatic heterocycles. The van der Waals surface area contributed by atoms with Crippen LogP contribution in [-0.4, -0.2) is 82.3 Å². The number of fused-ring (bicyclic) bond motifs is 3. The molecule has 0 spiro atoms. The fourth-order valence-corrected chi connectivity index (χ4v) is 12.9. The number of aromatic nitrogens is 3. The van der Waals surface area contributed by atoms with Gasteiger partial charge in [-0.1, -0.05) is 200 Å². The highest BCUT2D eigenvalue weighted by Crippen LogP contribution is 2.39. The Morgan fingerprint density at radius 2 is 0.755 bits per heavy atom. The quantitative estimate of drug-likeness (QED) is 0.0279. The van der Waals surface area contributed by atoms with Gasteiger partial charge in [0.25, 0.3) is 5.91 Å². The normalized spacial score (nSPS) is 13.1. The number of aliphatic hydroxyl groups is 3. The number of nitrogens with two attached hydrogens (primary N) is 2. The molecule has 0 aliphatic carbocycles. The molecule has 1 amide bonds. The zero-order valence-electron chi connectivity index (χ0n) is 59.4. The maximum Gasteiger partial charge on any atom is 0.495 e. The van der Waals surface area contributed by atoms with Gasteiger partial charge in [-0.25, -0.2) is 0 Å². The van der Waals surface area contributed by atoms with Crippen molar-refractivity contribution in [1.82, 2.24) is 13.7 Å². The lowest BCUT2D eigenvalue weighted by Crippen LogP contribution is -2.41. The van der Waals surface area contributed by atoms with E-state index in [1.54, 1.807) is 0 Å². The van der Waals surface area contributed by atoms with Crippen LogP contribution in [0.15, 0.2) is 246 Å². The van der Waals surface area contributed by atoms with Crippen LogP contribution in [0.5, 0.6) is 0 Å². The minimum atomic E-state index is -0.549. The number of nitrogens with zero attached hydrogens (tertiary/aromatic N) is 4. The largest absolute Gasteiger partial charge is 0.495 e. The van der Waals surface area contributed by atoms with E-state index in [-0.39, 0.29) is 75.7 Å². The summed E-state index contributed by atoms with van der Waals surface area (Å²) < 4.78 is 30.0. The number of esters is 2. The van der Waals surface area contributed by atoms with E-state index in [4.69, 9.17) is 30.2 Å². The third kappa shape index (κ3) is 17.7. The standard InChI is InChI=1S/C27H27NO3.C24H22N4O2.C17H21BO3.C16H18BrNO2/c1-27(2,3)31-26(30)17-28-24(19-9-5-4-6-10-19)15-16-25(28)23-14-8-12-21-20(18-29)11-7-13-22(21)23;25-24(26)27-23(30)14-28-21(16-6-2-1-3-7-16)12-13-22(28)20-11-5-9-18-17(15-29)8-4-10-19(18)20;1-16(2)17(3,4)21-18(20-16)15-10-6-8-13-12(11-19)7-5-9-14(13)15;1-16(2,3)20-15(19)11-18-13(9-10-14(18)17)12-7-5-4-6-8-12/h4-16,29H,17-18H2,1-3H3;1-13,29H,14-15H2,(H4,25,26,27,30);5-10,19H,11H2,1-4H3;4-10H,11H2,1-3H3. The summed E-state index contributed by atoms with van der Waals surface area (Å²) in [6.07, 6.45) is 0. The van der Waals surface area contributed by atoms with Gasteiger partial charge in [-0.05, 0) is 193 Å². The number of carbonyl (C=O) groups excluding carboxylic acids is 3. The summed E-state index contributed by atoms with van der Waals surface area (Å²) in [4.78, 5) is 40.9. The first-order valence-electron chi connectivity index (χ1n) is 33.8. The molecule has 1 aliphatic rings. The topological polar surface area (TPSA) is 228 Å². The number of halogens is 1. The lowest BCUT2D eigenvalue weighted by molar-refractivity contribution is -0.156. The third-order valence-corrected chi connectivity index (χ3v) is 18.4. The Balaban J connectivity index is 0.000000149. The lowest BCUT2D eigenvalue weighted by atomic mass is 9.75. The van der Waals surface area contributed by atoms with Gasteiger partial charge in [-0.15, -0.1) is 0 Å². The van der Waals surface area contributed by atoms with E-state index in [1.165, 1.54) is 0 Å². The summed E-state index contributed by atoms with van der Waals surface area (Å²) in [5.41, 5.74) is 22.5. The number of aliphatic imine (C=N–C) groups is 1. The van der Waals surface area contributed by atoms with Crippen LogP contribution in [0.25, 0.3) is 88.6 Å². The van der Waals surface area contributed by atoms with Crippen LogP contribution in [0.3, 0.4) is 0 Å². The average molecular weight is 1430 g/mol. The summed E-state index contributed by atoms with van der Waals surface area (Å²) in [5, 5.41) is 35.1. The number of carbonyl (C=O) groups is 3. The predicted molar refractivity (Wildman–Crippen MR) is 413 cm³/mol. The van der Waals surface area contributed by atoms with E-state index < -0.39 is 17.1 Å². The highest BCUT2D eigenvalue weighted by Gasteiger charge is 2.52. The number of hydrogen-bond donors (Lipinski definition) is 5. The average Bonchev–Trinajstić information content (AvgIpc) is 1.57. The number of benzene rings is 9. The second-order valence-electron chi connectivity index (χ2n) is 27.8. The Kier molecular flexibility index (Phi) is 23.5. The van der Waals surface area contributed by atoms with Crippen molar-refractivity contribution in [2.75, 3.05) is 0 Å². The van der Waals surface area contributed by atoms with Crippen molar-refractivity contribution in [2.45, 2.75) is 131 Å². The third-order valence-electron chi connectivity index (χ3n) is 17.7. The molecular formula is C84H88BBrN6O10. The van der Waals surface area contributed by atoms with Crippen LogP contribution in [0, 0.1) is 0 Å². The summed E-state index contributed by atoms with van der Waals surface area (Å²) >= 11 is 3.48. The molecule has 0 unspecified atom stereocenters. The summed E-state index contributed by atoms with van der Waals surface area (Å²) in [6, 6.07) is 77.7. The second kappa shape index (κ2) is 32.2. The van der Waals surface area contributed by atoms with Crippen LogP contribution in [0.2, 0.25) is 0 Å².